The monoisotopic (exact) mass is 511 g/mol. The Labute approximate surface area is 212 Å². The molecule has 0 fully saturated rings. The van der Waals surface area contributed by atoms with Gasteiger partial charge in [0.2, 0.25) is 15.9 Å². The van der Waals surface area contributed by atoms with E-state index in [0.717, 1.165) is 22.9 Å². The van der Waals surface area contributed by atoms with Crippen LogP contribution in [0.5, 0.6) is 5.75 Å². The second kappa shape index (κ2) is 12.0. The minimum absolute atomic E-state index is 0.0118. The lowest BCUT2D eigenvalue weighted by molar-refractivity contribution is -0.127. The van der Waals surface area contributed by atoms with E-state index in [0.29, 0.717) is 18.4 Å². The molecule has 0 radical (unpaired) electrons. The zero-order chi connectivity index (χ0) is 26.3. The van der Waals surface area contributed by atoms with Crippen molar-refractivity contribution in [3.63, 3.8) is 0 Å². The number of phenols is 1. The molecule has 0 bridgehead atoms. The number of benzene rings is 3. The molecule has 0 aliphatic heterocycles. The maximum absolute atomic E-state index is 12.0. The summed E-state index contributed by atoms with van der Waals surface area (Å²) >= 11 is 0. The van der Waals surface area contributed by atoms with Gasteiger partial charge in [-0.05, 0) is 40.8 Å². The zero-order valence-corrected chi connectivity index (χ0v) is 21.5. The molecule has 0 spiro atoms. The molecule has 3 aromatic carbocycles. The molecule has 4 N–H and O–H groups in total. The number of rotatable bonds is 11. The molecular formula is C27H33N3O5S. The van der Waals surface area contributed by atoms with E-state index in [4.69, 9.17) is 0 Å². The van der Waals surface area contributed by atoms with Gasteiger partial charge < -0.3 is 20.4 Å². The van der Waals surface area contributed by atoms with Crippen molar-refractivity contribution in [2.75, 3.05) is 31.6 Å². The van der Waals surface area contributed by atoms with Crippen LogP contribution in [0.15, 0.2) is 72.8 Å². The molecular weight excluding hydrogens is 478 g/mol. The van der Waals surface area contributed by atoms with Gasteiger partial charge in [-0.1, -0.05) is 60.7 Å². The number of carbonyl (C=O) groups excluding carboxylic acids is 1. The third-order valence-corrected chi connectivity index (χ3v) is 6.37. The van der Waals surface area contributed by atoms with E-state index in [1.807, 2.05) is 54.6 Å². The van der Waals surface area contributed by atoms with Crippen LogP contribution in [0.25, 0.3) is 0 Å². The fourth-order valence-electron chi connectivity index (χ4n) is 3.77. The smallest absolute Gasteiger partial charge is 0.229 e. The van der Waals surface area contributed by atoms with Gasteiger partial charge in [0.15, 0.2) is 0 Å². The fraction of sp³-hybridized carbons (Fsp3) is 0.296. The molecule has 3 aromatic rings. The predicted molar refractivity (Wildman–Crippen MR) is 141 cm³/mol. The quantitative estimate of drug-likeness (QED) is 0.294. The van der Waals surface area contributed by atoms with Crippen LogP contribution in [-0.4, -0.2) is 56.3 Å². The van der Waals surface area contributed by atoms with Gasteiger partial charge in [-0.15, -0.1) is 0 Å². The number of nitrogens with zero attached hydrogens (tertiary/aromatic N) is 1. The Morgan fingerprint density at radius 1 is 0.944 bits per heavy atom. The van der Waals surface area contributed by atoms with Crippen molar-refractivity contribution in [2.24, 2.45) is 0 Å². The van der Waals surface area contributed by atoms with E-state index in [2.05, 4.69) is 10.0 Å². The minimum Gasteiger partial charge on any atom is -0.506 e. The van der Waals surface area contributed by atoms with Gasteiger partial charge >= 0.3 is 0 Å². The molecule has 2 atom stereocenters. The Kier molecular flexibility index (Phi) is 9.08. The first-order valence-corrected chi connectivity index (χ1v) is 13.5. The molecule has 1 amide bonds. The lowest BCUT2D eigenvalue weighted by atomic mass is 9.96. The fourth-order valence-corrected chi connectivity index (χ4v) is 4.34. The lowest BCUT2D eigenvalue weighted by Gasteiger charge is -2.22. The average molecular weight is 512 g/mol. The van der Waals surface area contributed by atoms with Crippen molar-refractivity contribution in [1.29, 1.82) is 0 Å². The Bertz CT molecular complexity index is 1260. The highest BCUT2D eigenvalue weighted by atomic mass is 32.2. The van der Waals surface area contributed by atoms with Gasteiger partial charge in [0.25, 0.3) is 0 Å². The summed E-state index contributed by atoms with van der Waals surface area (Å²) in [5.74, 6) is -0.192. The second-order valence-corrected chi connectivity index (χ2v) is 10.8. The molecule has 0 unspecified atom stereocenters. The van der Waals surface area contributed by atoms with E-state index < -0.39 is 16.1 Å². The van der Waals surface area contributed by atoms with Crippen LogP contribution in [0.3, 0.4) is 0 Å². The van der Waals surface area contributed by atoms with Crippen molar-refractivity contribution >= 4 is 21.6 Å². The second-order valence-electron chi connectivity index (χ2n) is 9.02. The molecule has 9 heteroatoms. The summed E-state index contributed by atoms with van der Waals surface area (Å²) in [5.41, 5.74) is 3.53. The minimum atomic E-state index is -3.59. The topological polar surface area (TPSA) is 119 Å². The zero-order valence-electron chi connectivity index (χ0n) is 20.7. The molecule has 0 aromatic heterocycles. The maximum atomic E-state index is 12.0. The summed E-state index contributed by atoms with van der Waals surface area (Å²) in [5, 5.41) is 24.2. The summed E-state index contributed by atoms with van der Waals surface area (Å²) in [6.07, 6.45) is 1.06. The predicted octanol–water partition coefficient (Wildman–Crippen LogP) is 3.00. The average Bonchev–Trinajstić information content (AvgIpc) is 2.83. The maximum Gasteiger partial charge on any atom is 0.229 e. The number of sulfonamides is 1. The summed E-state index contributed by atoms with van der Waals surface area (Å²) in [6.45, 7) is 0.196. The highest BCUT2D eigenvalue weighted by molar-refractivity contribution is 7.92. The third-order valence-electron chi connectivity index (χ3n) is 5.78. The first-order chi connectivity index (χ1) is 17.0. The number of hydrogen-bond donors (Lipinski definition) is 4. The van der Waals surface area contributed by atoms with Crippen molar-refractivity contribution in [1.82, 2.24) is 10.2 Å². The SMILES string of the molecule is CN(C)C(=O)Cc1ccc([C@@H](Cc2ccccc2)NC[C@H](O)c2ccc(O)c(NS(C)(=O)=O)c2)cc1. The first kappa shape index (κ1) is 27.2. The van der Waals surface area contributed by atoms with Crippen LogP contribution >= 0.6 is 0 Å². The highest BCUT2D eigenvalue weighted by Crippen LogP contribution is 2.28. The number of aliphatic hydroxyl groups is 1. The van der Waals surface area contributed by atoms with E-state index in [9.17, 15) is 23.4 Å². The van der Waals surface area contributed by atoms with Crippen LogP contribution in [-0.2, 0) is 27.7 Å². The molecule has 0 heterocycles. The first-order valence-electron chi connectivity index (χ1n) is 11.6. The summed E-state index contributed by atoms with van der Waals surface area (Å²) < 4.78 is 25.4. The van der Waals surface area contributed by atoms with Crippen LogP contribution in [0, 0.1) is 0 Å². The van der Waals surface area contributed by atoms with Crippen LogP contribution in [0.2, 0.25) is 0 Å². The molecule has 0 aliphatic rings. The van der Waals surface area contributed by atoms with Crippen molar-refractivity contribution < 1.29 is 23.4 Å². The lowest BCUT2D eigenvalue weighted by Crippen LogP contribution is -2.28. The number of phenolic OH excluding ortho intramolecular Hbond substituents is 1. The van der Waals surface area contributed by atoms with E-state index in [1.165, 1.54) is 12.1 Å². The van der Waals surface area contributed by atoms with Crippen LogP contribution in [0.4, 0.5) is 5.69 Å². The molecule has 192 valence electrons. The van der Waals surface area contributed by atoms with Crippen molar-refractivity contribution in [3.05, 3.63) is 95.1 Å². The van der Waals surface area contributed by atoms with Gasteiger partial charge in [-0.3, -0.25) is 9.52 Å². The van der Waals surface area contributed by atoms with Crippen LogP contribution in [0.1, 0.15) is 34.4 Å². The third kappa shape index (κ3) is 8.08. The molecule has 0 saturated heterocycles. The molecule has 0 saturated carbocycles. The summed E-state index contributed by atoms with van der Waals surface area (Å²) in [7, 11) is -0.121. The number of anilines is 1. The standard InChI is InChI=1S/C27H33N3O5S/c1-30(2)27(33)16-20-9-11-21(12-10-20)23(15-19-7-5-4-6-8-19)28-18-26(32)22-13-14-25(31)24(17-22)29-36(3,34)35/h4-14,17,23,26,28-29,31-32H,15-16,18H2,1-3H3/t23-,26+/m1/s1. The number of aliphatic hydroxyl groups excluding tert-OH is 1. The Balaban J connectivity index is 1.77. The number of hydrogen-bond acceptors (Lipinski definition) is 6. The van der Waals surface area contributed by atoms with E-state index in [1.54, 1.807) is 25.1 Å². The van der Waals surface area contributed by atoms with Gasteiger partial charge in [0.05, 0.1) is 24.5 Å². The molecule has 8 nitrogen and oxygen atoms in total. The van der Waals surface area contributed by atoms with Gasteiger partial charge in [0, 0.05) is 26.7 Å². The number of nitrogens with one attached hydrogen (secondary N) is 2. The van der Waals surface area contributed by atoms with Gasteiger partial charge in [-0.25, -0.2) is 8.42 Å². The molecule has 0 aliphatic carbocycles. The number of amides is 1. The van der Waals surface area contributed by atoms with E-state index >= 15 is 0 Å². The number of likely N-dealkylation sites (N-methyl/N-ethyl adjacent to an activating group) is 1. The molecule has 36 heavy (non-hydrogen) atoms. The van der Waals surface area contributed by atoms with E-state index in [-0.39, 0.29) is 29.9 Å². The highest BCUT2D eigenvalue weighted by Gasteiger charge is 2.17. The Morgan fingerprint density at radius 2 is 1.58 bits per heavy atom. The number of carbonyl (C=O) groups is 1. The number of aromatic hydroxyl groups is 1. The largest absolute Gasteiger partial charge is 0.506 e. The van der Waals surface area contributed by atoms with Gasteiger partial charge in [-0.2, -0.15) is 0 Å². The van der Waals surface area contributed by atoms with Crippen LogP contribution < -0.4 is 10.0 Å². The summed E-state index contributed by atoms with van der Waals surface area (Å²) in [6, 6.07) is 22.0. The normalized spacial score (nSPS) is 13.1. The summed E-state index contributed by atoms with van der Waals surface area (Å²) in [4.78, 5) is 13.6. The van der Waals surface area contributed by atoms with Crippen molar-refractivity contribution in [3.8, 4) is 5.75 Å². The van der Waals surface area contributed by atoms with Crippen molar-refractivity contribution in [2.45, 2.75) is 25.0 Å². The van der Waals surface area contributed by atoms with Gasteiger partial charge in [0.1, 0.15) is 5.75 Å². The Morgan fingerprint density at radius 3 is 2.19 bits per heavy atom. The Hall–Kier alpha value is -3.40. The molecule has 3 rings (SSSR count).